The van der Waals surface area contributed by atoms with Gasteiger partial charge in [-0.3, -0.25) is 0 Å². The van der Waals surface area contributed by atoms with E-state index in [1.807, 2.05) is 35.2 Å². The highest BCUT2D eigenvalue weighted by Gasteiger charge is 2.36. The Morgan fingerprint density at radius 3 is 2.71 bits per heavy atom. The Morgan fingerprint density at radius 2 is 2.04 bits per heavy atom. The molecule has 2 heterocycles. The minimum atomic E-state index is -3.25. The predicted octanol–water partition coefficient (Wildman–Crippen LogP) is 1.89. The molecule has 7 nitrogen and oxygen atoms in total. The normalized spacial score (nSPS) is 21.3. The molecule has 1 N–H and O–H groups in total. The van der Waals surface area contributed by atoms with Crippen LogP contribution >= 0.6 is 0 Å². The molecule has 2 atom stereocenters. The molecule has 1 aromatic heterocycles. The van der Waals surface area contributed by atoms with Crippen molar-refractivity contribution in [3.05, 3.63) is 30.3 Å². The first kappa shape index (κ1) is 16.9. The Morgan fingerprint density at radius 1 is 1.29 bits per heavy atom. The van der Waals surface area contributed by atoms with Crippen molar-refractivity contribution in [1.82, 2.24) is 14.9 Å². The maximum Gasteiger partial charge on any atom is 0.324 e. The molecule has 0 radical (unpaired) electrons. The molecule has 8 heteroatoms. The van der Waals surface area contributed by atoms with Crippen LogP contribution in [0.2, 0.25) is 0 Å². The molecule has 0 aliphatic carbocycles. The summed E-state index contributed by atoms with van der Waals surface area (Å²) >= 11 is 0. The zero-order chi connectivity index (χ0) is 17.2. The SMILES string of the molecule is CCC[C@@H]1CN(c2nc(-c3ccccc3)no2)C[C@H]1NS(C)(=O)=O. The van der Waals surface area contributed by atoms with Gasteiger partial charge in [0.2, 0.25) is 15.8 Å². The summed E-state index contributed by atoms with van der Waals surface area (Å²) in [5.74, 6) is 0.772. The number of hydrogen-bond donors (Lipinski definition) is 1. The molecule has 0 saturated carbocycles. The summed E-state index contributed by atoms with van der Waals surface area (Å²) < 4.78 is 31.3. The number of anilines is 1. The predicted molar refractivity (Wildman–Crippen MR) is 92.1 cm³/mol. The van der Waals surface area contributed by atoms with Gasteiger partial charge in [-0.25, -0.2) is 13.1 Å². The van der Waals surface area contributed by atoms with E-state index in [0.29, 0.717) is 24.9 Å². The highest BCUT2D eigenvalue weighted by molar-refractivity contribution is 7.88. The molecule has 130 valence electrons. The van der Waals surface area contributed by atoms with E-state index < -0.39 is 10.0 Å². The first-order valence-corrected chi connectivity index (χ1v) is 9.97. The largest absolute Gasteiger partial charge is 0.324 e. The van der Waals surface area contributed by atoms with Gasteiger partial charge in [0.25, 0.3) is 0 Å². The molecule has 1 aromatic carbocycles. The molecular formula is C16H22N4O3S. The molecule has 0 bridgehead atoms. The lowest BCUT2D eigenvalue weighted by atomic mass is 9.99. The van der Waals surface area contributed by atoms with Gasteiger partial charge in [0.15, 0.2) is 0 Å². The zero-order valence-electron chi connectivity index (χ0n) is 13.8. The van der Waals surface area contributed by atoms with Crippen molar-refractivity contribution in [3.8, 4) is 11.4 Å². The van der Waals surface area contributed by atoms with E-state index in [4.69, 9.17) is 4.52 Å². The van der Waals surface area contributed by atoms with Crippen LogP contribution in [0.15, 0.2) is 34.9 Å². The topological polar surface area (TPSA) is 88.3 Å². The molecule has 2 aromatic rings. The third-order valence-corrected chi connectivity index (χ3v) is 4.91. The third-order valence-electron chi connectivity index (χ3n) is 4.18. The lowest BCUT2D eigenvalue weighted by molar-refractivity contribution is 0.416. The average molecular weight is 350 g/mol. The summed E-state index contributed by atoms with van der Waals surface area (Å²) in [4.78, 5) is 6.42. The molecule has 0 unspecified atom stereocenters. The van der Waals surface area contributed by atoms with Gasteiger partial charge in [-0.2, -0.15) is 4.98 Å². The number of aromatic nitrogens is 2. The number of hydrogen-bond acceptors (Lipinski definition) is 6. The highest BCUT2D eigenvalue weighted by Crippen LogP contribution is 2.28. The Bertz CT molecular complexity index is 776. The maximum atomic E-state index is 11.6. The average Bonchev–Trinajstić information content (AvgIpc) is 3.15. The fraction of sp³-hybridized carbons (Fsp3) is 0.500. The van der Waals surface area contributed by atoms with E-state index in [2.05, 4.69) is 21.8 Å². The fourth-order valence-electron chi connectivity index (χ4n) is 3.15. The van der Waals surface area contributed by atoms with Crippen LogP contribution in [0.4, 0.5) is 6.01 Å². The van der Waals surface area contributed by atoms with Gasteiger partial charge in [-0.15, -0.1) is 0 Å². The molecule has 0 spiro atoms. The number of benzene rings is 1. The van der Waals surface area contributed by atoms with Gasteiger partial charge in [-0.05, 0) is 12.3 Å². The van der Waals surface area contributed by atoms with Gasteiger partial charge in [-0.1, -0.05) is 48.8 Å². The van der Waals surface area contributed by atoms with E-state index in [1.54, 1.807) is 0 Å². The van der Waals surface area contributed by atoms with E-state index in [9.17, 15) is 8.42 Å². The van der Waals surface area contributed by atoms with Crippen LogP contribution in [0.5, 0.6) is 0 Å². The van der Waals surface area contributed by atoms with Crippen LogP contribution in [0, 0.1) is 5.92 Å². The smallest absolute Gasteiger partial charge is 0.322 e. The zero-order valence-corrected chi connectivity index (χ0v) is 14.7. The molecule has 1 saturated heterocycles. The van der Waals surface area contributed by atoms with Crippen LogP contribution in [0.3, 0.4) is 0 Å². The molecule has 24 heavy (non-hydrogen) atoms. The Balaban J connectivity index is 1.77. The van der Waals surface area contributed by atoms with Gasteiger partial charge in [0.05, 0.1) is 6.26 Å². The van der Waals surface area contributed by atoms with Crippen LogP contribution in [-0.2, 0) is 10.0 Å². The monoisotopic (exact) mass is 350 g/mol. The van der Waals surface area contributed by atoms with Crippen LogP contribution in [0.1, 0.15) is 19.8 Å². The second-order valence-corrected chi connectivity index (χ2v) is 8.00. The number of sulfonamides is 1. The van der Waals surface area contributed by atoms with E-state index in [1.165, 1.54) is 6.26 Å². The van der Waals surface area contributed by atoms with Crippen LogP contribution < -0.4 is 9.62 Å². The van der Waals surface area contributed by atoms with Gasteiger partial charge in [0, 0.05) is 24.7 Å². The van der Waals surface area contributed by atoms with Crippen molar-refractivity contribution >= 4 is 16.0 Å². The quantitative estimate of drug-likeness (QED) is 0.856. The molecule has 0 amide bonds. The lowest BCUT2D eigenvalue weighted by Gasteiger charge is -2.17. The first-order chi connectivity index (χ1) is 11.5. The second kappa shape index (κ2) is 6.90. The van der Waals surface area contributed by atoms with Crippen molar-refractivity contribution in [2.45, 2.75) is 25.8 Å². The summed E-state index contributed by atoms with van der Waals surface area (Å²) in [6.07, 6.45) is 3.14. The Kier molecular flexibility index (Phi) is 4.86. The van der Waals surface area contributed by atoms with Crippen LogP contribution in [-0.4, -0.2) is 43.9 Å². The van der Waals surface area contributed by atoms with E-state index in [-0.39, 0.29) is 12.0 Å². The molecule has 3 rings (SSSR count). The van der Waals surface area contributed by atoms with Crippen molar-refractivity contribution < 1.29 is 12.9 Å². The molecule has 1 aliphatic heterocycles. The van der Waals surface area contributed by atoms with E-state index >= 15 is 0 Å². The van der Waals surface area contributed by atoms with Crippen molar-refractivity contribution in [2.24, 2.45) is 5.92 Å². The summed E-state index contributed by atoms with van der Waals surface area (Å²) in [7, 11) is -3.25. The van der Waals surface area contributed by atoms with Gasteiger partial charge >= 0.3 is 6.01 Å². The summed E-state index contributed by atoms with van der Waals surface area (Å²) in [6.45, 7) is 3.34. The molecule has 1 aliphatic rings. The standard InChI is InChI=1S/C16H22N4O3S/c1-3-7-13-10-20(11-14(13)19-24(2,21)22)16-17-15(18-23-16)12-8-5-4-6-9-12/h4-6,8-9,13-14,19H,3,7,10-11H2,1-2H3/t13-,14-/m1/s1. The van der Waals surface area contributed by atoms with Gasteiger partial charge < -0.3 is 9.42 Å². The molecular weight excluding hydrogens is 328 g/mol. The minimum Gasteiger partial charge on any atom is -0.322 e. The van der Waals surface area contributed by atoms with Crippen LogP contribution in [0.25, 0.3) is 11.4 Å². The molecule has 1 fully saturated rings. The van der Waals surface area contributed by atoms with Gasteiger partial charge in [0.1, 0.15) is 0 Å². The van der Waals surface area contributed by atoms with Crippen molar-refractivity contribution in [1.29, 1.82) is 0 Å². The number of nitrogens with zero attached hydrogens (tertiary/aromatic N) is 3. The summed E-state index contributed by atoms with van der Waals surface area (Å²) in [5.41, 5.74) is 0.891. The van der Waals surface area contributed by atoms with Crippen molar-refractivity contribution in [2.75, 3.05) is 24.2 Å². The van der Waals surface area contributed by atoms with E-state index in [0.717, 1.165) is 18.4 Å². The third kappa shape index (κ3) is 3.93. The maximum absolute atomic E-state index is 11.6. The second-order valence-electron chi connectivity index (χ2n) is 6.22. The first-order valence-electron chi connectivity index (χ1n) is 8.07. The summed E-state index contributed by atoms with van der Waals surface area (Å²) in [5, 5.41) is 4.04. The summed E-state index contributed by atoms with van der Waals surface area (Å²) in [6, 6.07) is 9.93. The lowest BCUT2D eigenvalue weighted by Crippen LogP contribution is -2.39. The Labute approximate surface area is 142 Å². The highest BCUT2D eigenvalue weighted by atomic mass is 32.2. The fourth-order valence-corrected chi connectivity index (χ4v) is 3.96. The Hall–Kier alpha value is -1.93. The van der Waals surface area contributed by atoms with Crippen molar-refractivity contribution in [3.63, 3.8) is 0 Å². The minimum absolute atomic E-state index is 0.132. The number of nitrogens with one attached hydrogen (secondary N) is 1. The number of rotatable bonds is 6.